The van der Waals surface area contributed by atoms with Gasteiger partial charge in [-0.05, 0) is 29.3 Å². The molecule has 2 amide bonds. The zero-order valence-corrected chi connectivity index (χ0v) is 16.4. The first-order valence-corrected chi connectivity index (χ1v) is 9.45. The van der Waals surface area contributed by atoms with Crippen LogP contribution in [0.4, 0.5) is 0 Å². The van der Waals surface area contributed by atoms with Crippen LogP contribution in [0.1, 0.15) is 22.9 Å². The lowest BCUT2D eigenvalue weighted by atomic mass is 9.97. The fourth-order valence-corrected chi connectivity index (χ4v) is 3.80. The summed E-state index contributed by atoms with van der Waals surface area (Å²) in [5.74, 6) is 0.678. The molecule has 1 N–H and O–H groups in total. The molecule has 8 heteroatoms. The second kappa shape index (κ2) is 8.08. The van der Waals surface area contributed by atoms with Crippen LogP contribution >= 0.6 is 0 Å². The Morgan fingerprint density at radius 1 is 1.24 bits per heavy atom. The number of rotatable bonds is 4. The number of benzene rings is 1. The Labute approximate surface area is 168 Å². The van der Waals surface area contributed by atoms with Gasteiger partial charge in [0.25, 0.3) is 5.91 Å². The molecule has 1 fully saturated rings. The molecule has 1 saturated heterocycles. The standard InChI is InChI=1S/C21H23N3O5/c1-27-16-6-5-13(10-17(16)28-2)19-20(29-12-18(25)23-19)21(26)24-9-7-15-14(11-24)4-3-8-22-15/h3-6,8,10,19-20H,7,9,11-12H2,1-2H3,(H,23,25)/t19-,20+/m1/s1. The molecule has 0 aliphatic carbocycles. The number of carbonyl (C=O) groups is 2. The van der Waals surface area contributed by atoms with Crippen LogP contribution < -0.4 is 14.8 Å². The van der Waals surface area contributed by atoms with E-state index in [2.05, 4.69) is 10.3 Å². The Morgan fingerprint density at radius 2 is 2.07 bits per heavy atom. The molecule has 1 aromatic heterocycles. The monoisotopic (exact) mass is 397 g/mol. The van der Waals surface area contributed by atoms with Gasteiger partial charge in [-0.2, -0.15) is 0 Å². The summed E-state index contributed by atoms with van der Waals surface area (Å²) in [5, 5.41) is 2.89. The third-order valence-electron chi connectivity index (χ3n) is 5.30. The summed E-state index contributed by atoms with van der Waals surface area (Å²) in [6, 6.07) is 8.55. The van der Waals surface area contributed by atoms with Crippen LogP contribution in [0, 0.1) is 0 Å². The number of nitrogens with zero attached hydrogens (tertiary/aromatic N) is 2. The van der Waals surface area contributed by atoms with Crippen molar-refractivity contribution >= 4 is 11.8 Å². The summed E-state index contributed by atoms with van der Waals surface area (Å²) in [4.78, 5) is 31.5. The van der Waals surface area contributed by atoms with E-state index in [1.165, 1.54) is 0 Å². The molecule has 0 bridgehead atoms. The molecular formula is C21H23N3O5. The number of pyridine rings is 1. The van der Waals surface area contributed by atoms with Crippen molar-refractivity contribution < 1.29 is 23.8 Å². The van der Waals surface area contributed by atoms with Gasteiger partial charge in [-0.25, -0.2) is 0 Å². The Hall–Kier alpha value is -3.13. The Kier molecular flexibility index (Phi) is 5.35. The summed E-state index contributed by atoms with van der Waals surface area (Å²) >= 11 is 0. The molecule has 2 atom stereocenters. The minimum absolute atomic E-state index is 0.147. The van der Waals surface area contributed by atoms with Crippen LogP contribution in [-0.2, 0) is 27.3 Å². The lowest BCUT2D eigenvalue weighted by Gasteiger charge is -2.37. The Morgan fingerprint density at radius 3 is 2.86 bits per heavy atom. The number of fused-ring (bicyclic) bond motifs is 1. The molecule has 2 aromatic rings. The van der Waals surface area contributed by atoms with Crippen molar-refractivity contribution in [1.82, 2.24) is 15.2 Å². The number of hydrogen-bond donors (Lipinski definition) is 1. The van der Waals surface area contributed by atoms with E-state index in [-0.39, 0.29) is 18.4 Å². The van der Waals surface area contributed by atoms with Crippen molar-refractivity contribution in [2.75, 3.05) is 27.4 Å². The Balaban J connectivity index is 1.60. The van der Waals surface area contributed by atoms with Crippen molar-refractivity contribution in [2.24, 2.45) is 0 Å². The third kappa shape index (κ3) is 3.75. The van der Waals surface area contributed by atoms with Gasteiger partial charge in [-0.15, -0.1) is 0 Å². The Bertz CT molecular complexity index is 932. The van der Waals surface area contributed by atoms with E-state index in [1.54, 1.807) is 43.5 Å². The number of methoxy groups -OCH3 is 2. The maximum atomic E-state index is 13.3. The third-order valence-corrected chi connectivity index (χ3v) is 5.30. The van der Waals surface area contributed by atoms with Gasteiger partial charge in [0.2, 0.25) is 5.91 Å². The highest BCUT2D eigenvalue weighted by atomic mass is 16.5. The molecule has 0 unspecified atom stereocenters. The highest BCUT2D eigenvalue weighted by Crippen LogP contribution is 2.33. The van der Waals surface area contributed by atoms with E-state index in [0.29, 0.717) is 36.6 Å². The number of morpholine rings is 1. The molecule has 4 rings (SSSR count). The van der Waals surface area contributed by atoms with E-state index >= 15 is 0 Å². The lowest BCUT2D eigenvalue weighted by Crippen LogP contribution is -2.54. The van der Waals surface area contributed by atoms with Crippen LogP contribution in [0.25, 0.3) is 0 Å². The van der Waals surface area contributed by atoms with E-state index in [1.807, 2.05) is 12.1 Å². The molecule has 0 radical (unpaired) electrons. The van der Waals surface area contributed by atoms with Gasteiger partial charge in [0, 0.05) is 31.4 Å². The topological polar surface area (TPSA) is 90.0 Å². The van der Waals surface area contributed by atoms with Crippen LogP contribution in [0.15, 0.2) is 36.5 Å². The largest absolute Gasteiger partial charge is 0.493 e. The number of amides is 2. The first-order valence-electron chi connectivity index (χ1n) is 9.45. The number of carbonyl (C=O) groups excluding carboxylic acids is 2. The minimum atomic E-state index is -0.816. The van der Waals surface area contributed by atoms with Gasteiger partial charge in [0.1, 0.15) is 6.61 Å². The van der Waals surface area contributed by atoms with E-state index in [9.17, 15) is 9.59 Å². The van der Waals surface area contributed by atoms with Crippen LogP contribution in [0.2, 0.25) is 0 Å². The quantitative estimate of drug-likeness (QED) is 0.835. The van der Waals surface area contributed by atoms with Crippen LogP contribution in [0.3, 0.4) is 0 Å². The summed E-state index contributed by atoms with van der Waals surface area (Å²) in [7, 11) is 3.10. The van der Waals surface area contributed by atoms with Gasteiger partial charge in [0.15, 0.2) is 17.6 Å². The highest BCUT2D eigenvalue weighted by Gasteiger charge is 2.39. The van der Waals surface area contributed by atoms with Gasteiger partial charge in [-0.1, -0.05) is 12.1 Å². The fourth-order valence-electron chi connectivity index (χ4n) is 3.80. The SMILES string of the molecule is COc1ccc([C@H]2NC(=O)CO[C@@H]2C(=O)N2CCc3ncccc3C2)cc1OC. The number of ether oxygens (including phenoxy) is 3. The molecule has 152 valence electrons. The highest BCUT2D eigenvalue weighted by molar-refractivity contribution is 5.86. The van der Waals surface area contributed by atoms with E-state index in [0.717, 1.165) is 11.3 Å². The van der Waals surface area contributed by atoms with Crippen molar-refractivity contribution in [3.63, 3.8) is 0 Å². The average Bonchev–Trinajstić information content (AvgIpc) is 2.77. The maximum absolute atomic E-state index is 13.3. The summed E-state index contributed by atoms with van der Waals surface area (Å²) in [6.07, 6.45) is 1.65. The second-order valence-electron chi connectivity index (χ2n) is 7.01. The molecule has 2 aliphatic heterocycles. The second-order valence-corrected chi connectivity index (χ2v) is 7.01. The van der Waals surface area contributed by atoms with Crippen LogP contribution in [-0.4, -0.2) is 55.2 Å². The van der Waals surface area contributed by atoms with Gasteiger partial charge < -0.3 is 24.4 Å². The first kappa shape index (κ1) is 19.2. The van der Waals surface area contributed by atoms with E-state index < -0.39 is 12.1 Å². The predicted octanol–water partition coefficient (Wildman–Crippen LogP) is 1.24. The molecular weight excluding hydrogens is 374 g/mol. The molecule has 3 heterocycles. The molecule has 0 spiro atoms. The van der Waals surface area contributed by atoms with Gasteiger partial charge in [-0.3, -0.25) is 14.6 Å². The van der Waals surface area contributed by atoms with Crippen molar-refractivity contribution in [3.05, 3.63) is 53.3 Å². The van der Waals surface area contributed by atoms with Crippen LogP contribution in [0.5, 0.6) is 11.5 Å². The average molecular weight is 397 g/mol. The van der Waals surface area contributed by atoms with Crippen molar-refractivity contribution in [1.29, 1.82) is 0 Å². The number of aromatic nitrogens is 1. The molecule has 0 saturated carbocycles. The summed E-state index contributed by atoms with van der Waals surface area (Å²) in [5.41, 5.74) is 2.77. The summed E-state index contributed by atoms with van der Waals surface area (Å²) < 4.78 is 16.3. The fraction of sp³-hybridized carbons (Fsp3) is 0.381. The zero-order valence-electron chi connectivity index (χ0n) is 16.4. The molecule has 1 aromatic carbocycles. The number of hydrogen-bond acceptors (Lipinski definition) is 6. The predicted molar refractivity (Wildman–Crippen MR) is 104 cm³/mol. The maximum Gasteiger partial charge on any atom is 0.254 e. The lowest BCUT2D eigenvalue weighted by molar-refractivity contribution is -0.156. The van der Waals surface area contributed by atoms with Gasteiger partial charge >= 0.3 is 0 Å². The molecule has 2 aliphatic rings. The molecule has 29 heavy (non-hydrogen) atoms. The molecule has 8 nitrogen and oxygen atoms in total. The zero-order chi connectivity index (χ0) is 20.4. The smallest absolute Gasteiger partial charge is 0.254 e. The number of nitrogens with one attached hydrogen (secondary N) is 1. The van der Waals surface area contributed by atoms with Gasteiger partial charge in [0.05, 0.1) is 20.3 Å². The van der Waals surface area contributed by atoms with Crippen molar-refractivity contribution in [2.45, 2.75) is 25.1 Å². The summed E-state index contributed by atoms with van der Waals surface area (Å²) in [6.45, 7) is 0.899. The minimum Gasteiger partial charge on any atom is -0.493 e. The normalized spacial score (nSPS) is 21.2. The van der Waals surface area contributed by atoms with Crippen molar-refractivity contribution in [3.8, 4) is 11.5 Å². The first-order chi connectivity index (χ1) is 14.1. The van der Waals surface area contributed by atoms with E-state index in [4.69, 9.17) is 14.2 Å².